The summed E-state index contributed by atoms with van der Waals surface area (Å²) in [6, 6.07) is 0. The highest BCUT2D eigenvalue weighted by Gasteiger charge is 2.16. The average molecular weight is 206 g/mol. The number of nitro groups is 1. The number of pyridine rings is 1. The third-order valence-electron chi connectivity index (χ3n) is 2.33. The lowest BCUT2D eigenvalue weighted by Crippen LogP contribution is -1.93. The minimum Gasteiger partial charge on any atom is -0.340 e. The van der Waals surface area contributed by atoms with Crippen molar-refractivity contribution in [3.63, 3.8) is 0 Å². The lowest BCUT2D eigenvalue weighted by atomic mass is 10.2. The van der Waals surface area contributed by atoms with Gasteiger partial charge in [-0.05, 0) is 6.92 Å². The van der Waals surface area contributed by atoms with Crippen LogP contribution < -0.4 is 0 Å². The van der Waals surface area contributed by atoms with Crippen molar-refractivity contribution in [2.75, 3.05) is 0 Å². The van der Waals surface area contributed by atoms with Crippen LogP contribution in [-0.4, -0.2) is 19.9 Å². The van der Waals surface area contributed by atoms with Crippen LogP contribution in [0.15, 0.2) is 6.20 Å². The zero-order chi connectivity index (χ0) is 11.0. The minimum absolute atomic E-state index is 0.0220. The standard InChI is InChI=1S/C9H10N4O2/c1-3-7-11-8-5(2)6(13(14)15)4-10-9(8)12-7/h4H,3H2,1-2H3,(H,10,11,12). The second-order valence-corrected chi connectivity index (χ2v) is 3.26. The SMILES string of the molecule is CCc1nc2ncc([N+](=O)[O-])c(C)c2[nH]1. The molecule has 0 unspecified atom stereocenters. The monoisotopic (exact) mass is 206 g/mol. The van der Waals surface area contributed by atoms with E-state index in [2.05, 4.69) is 15.0 Å². The molecule has 0 bridgehead atoms. The normalized spacial score (nSPS) is 10.8. The second kappa shape index (κ2) is 3.30. The Morgan fingerprint density at radius 1 is 1.60 bits per heavy atom. The summed E-state index contributed by atoms with van der Waals surface area (Å²) in [5.41, 5.74) is 1.79. The molecule has 0 spiro atoms. The van der Waals surface area contributed by atoms with Crippen LogP contribution in [0.5, 0.6) is 0 Å². The number of imidazole rings is 1. The highest BCUT2D eigenvalue weighted by atomic mass is 16.6. The van der Waals surface area contributed by atoms with E-state index in [0.29, 0.717) is 16.7 Å². The van der Waals surface area contributed by atoms with Crippen LogP contribution >= 0.6 is 0 Å². The van der Waals surface area contributed by atoms with Crippen LogP contribution in [0.2, 0.25) is 0 Å². The van der Waals surface area contributed by atoms with Gasteiger partial charge in [0.25, 0.3) is 5.69 Å². The summed E-state index contributed by atoms with van der Waals surface area (Å²) in [7, 11) is 0. The molecule has 2 rings (SSSR count). The summed E-state index contributed by atoms with van der Waals surface area (Å²) in [5.74, 6) is 0.793. The Morgan fingerprint density at radius 2 is 2.33 bits per heavy atom. The Labute approximate surface area is 85.5 Å². The maximum Gasteiger partial charge on any atom is 0.292 e. The van der Waals surface area contributed by atoms with Gasteiger partial charge in [0.05, 0.1) is 16.0 Å². The van der Waals surface area contributed by atoms with E-state index in [1.54, 1.807) is 6.92 Å². The van der Waals surface area contributed by atoms with Gasteiger partial charge >= 0.3 is 0 Å². The first kappa shape index (κ1) is 9.57. The molecule has 0 radical (unpaired) electrons. The molecule has 6 heteroatoms. The molecule has 0 amide bonds. The smallest absolute Gasteiger partial charge is 0.292 e. The first-order chi connectivity index (χ1) is 7.13. The van der Waals surface area contributed by atoms with Crippen molar-refractivity contribution < 1.29 is 4.92 Å². The van der Waals surface area contributed by atoms with E-state index in [-0.39, 0.29) is 5.69 Å². The first-order valence-electron chi connectivity index (χ1n) is 4.62. The van der Waals surface area contributed by atoms with Gasteiger partial charge in [0.1, 0.15) is 12.0 Å². The fourth-order valence-corrected chi connectivity index (χ4v) is 1.47. The molecular formula is C9H10N4O2. The molecule has 0 aliphatic heterocycles. The molecule has 15 heavy (non-hydrogen) atoms. The largest absolute Gasteiger partial charge is 0.340 e. The zero-order valence-electron chi connectivity index (χ0n) is 8.44. The maximum absolute atomic E-state index is 10.7. The number of H-pyrrole nitrogens is 1. The molecule has 2 aromatic rings. The van der Waals surface area contributed by atoms with Gasteiger partial charge in [-0.15, -0.1) is 0 Å². The molecule has 0 aliphatic rings. The van der Waals surface area contributed by atoms with Gasteiger partial charge in [-0.25, -0.2) is 9.97 Å². The summed E-state index contributed by atoms with van der Waals surface area (Å²) >= 11 is 0. The minimum atomic E-state index is -0.436. The predicted molar refractivity (Wildman–Crippen MR) is 54.7 cm³/mol. The van der Waals surface area contributed by atoms with Crippen molar-refractivity contribution in [2.45, 2.75) is 20.3 Å². The number of aromatic nitrogens is 3. The fourth-order valence-electron chi connectivity index (χ4n) is 1.47. The first-order valence-corrected chi connectivity index (χ1v) is 4.62. The van der Waals surface area contributed by atoms with E-state index in [4.69, 9.17) is 0 Å². The number of fused-ring (bicyclic) bond motifs is 1. The van der Waals surface area contributed by atoms with Crippen LogP contribution in [0, 0.1) is 17.0 Å². The van der Waals surface area contributed by atoms with Gasteiger partial charge in [0, 0.05) is 6.42 Å². The summed E-state index contributed by atoms with van der Waals surface area (Å²) in [6.07, 6.45) is 2.00. The molecule has 2 heterocycles. The predicted octanol–water partition coefficient (Wildman–Crippen LogP) is 1.74. The van der Waals surface area contributed by atoms with Crippen molar-refractivity contribution in [1.29, 1.82) is 0 Å². The Morgan fingerprint density at radius 3 is 2.93 bits per heavy atom. The molecule has 6 nitrogen and oxygen atoms in total. The third-order valence-corrected chi connectivity index (χ3v) is 2.33. The van der Waals surface area contributed by atoms with Gasteiger partial charge in [-0.2, -0.15) is 0 Å². The third kappa shape index (κ3) is 1.43. The summed E-state index contributed by atoms with van der Waals surface area (Å²) in [4.78, 5) is 21.4. The van der Waals surface area contributed by atoms with Crippen molar-refractivity contribution in [3.8, 4) is 0 Å². The molecule has 2 aromatic heterocycles. The second-order valence-electron chi connectivity index (χ2n) is 3.26. The van der Waals surface area contributed by atoms with Crippen LogP contribution in [0.3, 0.4) is 0 Å². The van der Waals surface area contributed by atoms with E-state index in [9.17, 15) is 10.1 Å². The number of hydrogen-bond acceptors (Lipinski definition) is 4. The molecule has 0 aromatic carbocycles. The summed E-state index contributed by atoms with van der Waals surface area (Å²) < 4.78 is 0. The van der Waals surface area contributed by atoms with Gasteiger partial charge < -0.3 is 4.98 Å². The highest BCUT2D eigenvalue weighted by Crippen LogP contribution is 2.23. The topological polar surface area (TPSA) is 84.7 Å². The summed E-state index contributed by atoms with van der Waals surface area (Å²) in [5, 5.41) is 10.7. The molecule has 0 atom stereocenters. The maximum atomic E-state index is 10.7. The van der Waals surface area contributed by atoms with Crippen molar-refractivity contribution in [2.24, 2.45) is 0 Å². The van der Waals surface area contributed by atoms with Crippen molar-refractivity contribution in [3.05, 3.63) is 27.7 Å². The highest BCUT2D eigenvalue weighted by molar-refractivity contribution is 5.78. The average Bonchev–Trinajstić information content (AvgIpc) is 2.61. The van der Waals surface area contributed by atoms with E-state index >= 15 is 0 Å². The quantitative estimate of drug-likeness (QED) is 0.599. The Hall–Kier alpha value is -1.98. The summed E-state index contributed by atoms with van der Waals surface area (Å²) in [6.45, 7) is 3.65. The van der Waals surface area contributed by atoms with E-state index < -0.39 is 4.92 Å². The molecule has 0 fully saturated rings. The van der Waals surface area contributed by atoms with Crippen LogP contribution in [0.1, 0.15) is 18.3 Å². The molecule has 0 saturated carbocycles. The molecular weight excluding hydrogens is 196 g/mol. The molecule has 1 N–H and O–H groups in total. The number of hydrogen-bond donors (Lipinski definition) is 1. The van der Waals surface area contributed by atoms with Gasteiger partial charge in [-0.3, -0.25) is 10.1 Å². The lowest BCUT2D eigenvalue weighted by molar-refractivity contribution is -0.385. The van der Waals surface area contributed by atoms with Gasteiger partial charge in [0.2, 0.25) is 0 Å². The van der Waals surface area contributed by atoms with Crippen LogP contribution in [-0.2, 0) is 6.42 Å². The molecule has 0 aliphatic carbocycles. The number of rotatable bonds is 2. The zero-order valence-corrected chi connectivity index (χ0v) is 8.44. The molecule has 0 saturated heterocycles. The van der Waals surface area contributed by atoms with Crippen molar-refractivity contribution in [1.82, 2.24) is 15.0 Å². The van der Waals surface area contributed by atoms with E-state index in [0.717, 1.165) is 12.2 Å². The Bertz CT molecular complexity index is 532. The van der Waals surface area contributed by atoms with Gasteiger partial charge in [-0.1, -0.05) is 6.92 Å². The van der Waals surface area contributed by atoms with Gasteiger partial charge in [0.15, 0.2) is 5.65 Å². The lowest BCUT2D eigenvalue weighted by Gasteiger charge is -1.95. The van der Waals surface area contributed by atoms with E-state index in [1.165, 1.54) is 6.20 Å². The Kier molecular flexibility index (Phi) is 2.11. The number of nitrogens with zero attached hydrogens (tertiary/aromatic N) is 3. The number of aromatic amines is 1. The fraction of sp³-hybridized carbons (Fsp3) is 0.333. The van der Waals surface area contributed by atoms with Crippen molar-refractivity contribution >= 4 is 16.9 Å². The Balaban J connectivity index is 2.72. The van der Waals surface area contributed by atoms with Crippen LogP contribution in [0.25, 0.3) is 11.2 Å². The molecule has 78 valence electrons. The number of aryl methyl sites for hydroxylation is 2. The van der Waals surface area contributed by atoms with E-state index in [1.807, 2.05) is 6.92 Å². The van der Waals surface area contributed by atoms with Crippen LogP contribution in [0.4, 0.5) is 5.69 Å². The number of nitrogens with one attached hydrogen (secondary N) is 1.